The number of hydrogen-bond donors (Lipinski definition) is 3. The number of rotatable bonds is 8. The van der Waals surface area contributed by atoms with Gasteiger partial charge in [0.05, 0.1) is 19.2 Å². The minimum absolute atomic E-state index is 0.0531. The molecule has 2 heterocycles. The number of anilines is 1. The van der Waals surface area contributed by atoms with Gasteiger partial charge in [-0.15, -0.1) is 0 Å². The molecule has 7 nitrogen and oxygen atoms in total. The Labute approximate surface area is 169 Å². The first-order chi connectivity index (χ1) is 13.8. The van der Waals surface area contributed by atoms with Crippen LogP contribution < -0.4 is 16.7 Å². The van der Waals surface area contributed by atoms with Crippen molar-refractivity contribution >= 4 is 28.7 Å². The first kappa shape index (κ1) is 21.1. The molecule has 0 fully saturated rings. The molecule has 3 aromatic rings. The zero-order chi connectivity index (χ0) is 21.0. The fourth-order valence-electron chi connectivity index (χ4n) is 2.95. The summed E-state index contributed by atoms with van der Waals surface area (Å²) in [6.07, 6.45) is -2.35. The third-order valence-electron chi connectivity index (χ3n) is 4.31. The molecule has 1 aromatic carbocycles. The second kappa shape index (κ2) is 8.83. The highest BCUT2D eigenvalue weighted by molar-refractivity contribution is 6.30. The van der Waals surface area contributed by atoms with Gasteiger partial charge in [-0.2, -0.15) is 18.2 Å². The molecule has 2 aromatic heterocycles. The van der Waals surface area contributed by atoms with E-state index in [2.05, 4.69) is 20.3 Å². The molecule has 0 aliphatic heterocycles. The van der Waals surface area contributed by atoms with Gasteiger partial charge in [-0.25, -0.2) is 9.78 Å². The highest BCUT2D eigenvalue weighted by Gasteiger charge is 2.29. The van der Waals surface area contributed by atoms with Crippen LogP contribution in [0.1, 0.15) is 24.0 Å². The van der Waals surface area contributed by atoms with E-state index in [1.165, 1.54) is 29.0 Å². The smallest absolute Gasteiger partial charge is 0.354 e. The van der Waals surface area contributed by atoms with Crippen LogP contribution in [0, 0.1) is 0 Å². The van der Waals surface area contributed by atoms with Crippen LogP contribution in [0.25, 0.3) is 11.2 Å². The molecule has 29 heavy (non-hydrogen) atoms. The first-order valence-electron chi connectivity index (χ1n) is 9.00. The van der Waals surface area contributed by atoms with Crippen molar-refractivity contribution in [3.05, 3.63) is 51.0 Å². The van der Waals surface area contributed by atoms with Crippen LogP contribution in [0.2, 0.25) is 5.02 Å². The molecule has 0 spiro atoms. The third-order valence-corrected chi connectivity index (χ3v) is 4.55. The summed E-state index contributed by atoms with van der Waals surface area (Å²) in [6, 6.07) is 4.15. The molecule has 0 atom stereocenters. The molecule has 0 bridgehead atoms. The number of H-pyrrole nitrogens is 1. The van der Waals surface area contributed by atoms with Crippen LogP contribution in [-0.4, -0.2) is 38.8 Å². The van der Waals surface area contributed by atoms with Crippen LogP contribution >= 0.6 is 11.6 Å². The number of nitrogens with two attached hydrogens (primary N) is 1. The van der Waals surface area contributed by atoms with Crippen molar-refractivity contribution in [2.45, 2.75) is 32.0 Å². The fourth-order valence-corrected chi connectivity index (χ4v) is 3.14. The molecule has 0 saturated heterocycles. The van der Waals surface area contributed by atoms with Gasteiger partial charge in [-0.1, -0.05) is 17.7 Å². The molecule has 0 aliphatic carbocycles. The number of fused-ring (bicyclic) bond motifs is 1. The van der Waals surface area contributed by atoms with Gasteiger partial charge in [0, 0.05) is 11.6 Å². The predicted molar refractivity (Wildman–Crippen MR) is 105 cm³/mol. The van der Waals surface area contributed by atoms with Crippen molar-refractivity contribution < 1.29 is 13.2 Å². The lowest BCUT2D eigenvalue weighted by atomic mass is 10.0. The van der Waals surface area contributed by atoms with Gasteiger partial charge < -0.3 is 16.0 Å². The van der Waals surface area contributed by atoms with Gasteiger partial charge in [0.2, 0.25) is 5.95 Å². The van der Waals surface area contributed by atoms with E-state index < -0.39 is 18.3 Å². The summed E-state index contributed by atoms with van der Waals surface area (Å²) < 4.78 is 40.0. The number of benzene rings is 1. The Kier molecular flexibility index (Phi) is 6.43. The zero-order valence-electron chi connectivity index (χ0n) is 15.4. The molecule has 11 heteroatoms. The van der Waals surface area contributed by atoms with Crippen LogP contribution in [-0.2, 0) is 13.0 Å². The average molecular weight is 429 g/mol. The number of nitrogens with zero attached hydrogens (tertiary/aromatic N) is 3. The summed E-state index contributed by atoms with van der Waals surface area (Å²) in [5, 5.41) is 3.33. The normalized spacial score (nSPS) is 11.9. The second-order valence-electron chi connectivity index (χ2n) is 6.57. The Morgan fingerprint density at radius 2 is 2.03 bits per heavy atom. The number of alkyl halides is 3. The maximum absolute atomic E-state index is 12.9. The topological polar surface area (TPSA) is 102 Å². The van der Waals surface area contributed by atoms with Crippen molar-refractivity contribution in [1.82, 2.24) is 19.5 Å². The number of aromatic amines is 1. The molecule has 3 rings (SSSR count). The van der Waals surface area contributed by atoms with Crippen molar-refractivity contribution in [3.63, 3.8) is 0 Å². The van der Waals surface area contributed by atoms with Crippen molar-refractivity contribution in [1.29, 1.82) is 0 Å². The number of unbranched alkanes of at least 4 members (excludes halogenated alkanes) is 1. The zero-order valence-corrected chi connectivity index (χ0v) is 16.1. The van der Waals surface area contributed by atoms with E-state index in [0.29, 0.717) is 35.8 Å². The molecule has 0 amide bonds. The van der Waals surface area contributed by atoms with Crippen LogP contribution in [0.3, 0.4) is 0 Å². The van der Waals surface area contributed by atoms with E-state index in [-0.39, 0.29) is 17.1 Å². The summed E-state index contributed by atoms with van der Waals surface area (Å²) in [7, 11) is 0. The summed E-state index contributed by atoms with van der Waals surface area (Å²) in [4.78, 5) is 23.5. The first-order valence-corrected chi connectivity index (χ1v) is 9.38. The molecule has 156 valence electrons. The van der Waals surface area contributed by atoms with E-state index in [1.807, 2.05) is 0 Å². The van der Waals surface area contributed by atoms with E-state index in [0.717, 1.165) is 12.8 Å². The van der Waals surface area contributed by atoms with Crippen molar-refractivity contribution in [3.8, 4) is 0 Å². The Balaban J connectivity index is 1.93. The standard InChI is InChI=1S/C18H20ClF3N6O/c19-13-4-3-11(8-18(20,21)22)12(7-13)10-28-15-14(26-17(28)29)9-25-16(27-15)24-6-2-1-5-23/h3-4,7,9H,1-2,5-6,8,10,23H2,(H,26,29)(H,24,25,27). The summed E-state index contributed by atoms with van der Waals surface area (Å²) in [6.45, 7) is 1.09. The highest BCUT2D eigenvalue weighted by atomic mass is 35.5. The largest absolute Gasteiger partial charge is 0.393 e. The quantitative estimate of drug-likeness (QED) is 0.478. The molecule has 0 aliphatic rings. The fraction of sp³-hybridized carbons (Fsp3) is 0.389. The third kappa shape index (κ3) is 5.48. The van der Waals surface area contributed by atoms with Crippen LogP contribution in [0.15, 0.2) is 29.2 Å². The molecule has 0 radical (unpaired) electrons. The summed E-state index contributed by atoms with van der Waals surface area (Å²) in [5.74, 6) is 0.323. The lowest BCUT2D eigenvalue weighted by Gasteiger charge is -2.13. The van der Waals surface area contributed by atoms with E-state index in [4.69, 9.17) is 17.3 Å². The van der Waals surface area contributed by atoms with E-state index >= 15 is 0 Å². The lowest BCUT2D eigenvalue weighted by molar-refractivity contribution is -0.127. The molecule has 0 unspecified atom stereocenters. The molecule has 4 N–H and O–H groups in total. The van der Waals surface area contributed by atoms with Gasteiger partial charge in [0.1, 0.15) is 5.52 Å². The Bertz CT molecular complexity index is 1050. The summed E-state index contributed by atoms with van der Waals surface area (Å²) in [5.41, 5.74) is 6.00. The van der Waals surface area contributed by atoms with Gasteiger partial charge >= 0.3 is 11.9 Å². The Morgan fingerprint density at radius 3 is 2.76 bits per heavy atom. The van der Waals surface area contributed by atoms with Gasteiger partial charge in [0.25, 0.3) is 0 Å². The number of halogens is 4. The van der Waals surface area contributed by atoms with Gasteiger partial charge in [0.15, 0.2) is 5.65 Å². The van der Waals surface area contributed by atoms with Crippen molar-refractivity contribution in [2.75, 3.05) is 18.4 Å². The van der Waals surface area contributed by atoms with Crippen LogP contribution in [0.5, 0.6) is 0 Å². The number of aromatic nitrogens is 4. The Hall–Kier alpha value is -2.59. The number of hydrogen-bond acceptors (Lipinski definition) is 5. The monoisotopic (exact) mass is 428 g/mol. The van der Waals surface area contributed by atoms with E-state index in [9.17, 15) is 18.0 Å². The van der Waals surface area contributed by atoms with Crippen molar-refractivity contribution in [2.24, 2.45) is 5.73 Å². The molecule has 0 saturated carbocycles. The van der Waals surface area contributed by atoms with E-state index in [1.54, 1.807) is 0 Å². The minimum atomic E-state index is -4.38. The average Bonchev–Trinajstić information content (AvgIpc) is 2.95. The predicted octanol–water partition coefficient (Wildman–Crippen LogP) is 3.08. The van der Waals surface area contributed by atoms with Crippen LogP contribution in [0.4, 0.5) is 19.1 Å². The lowest BCUT2D eigenvalue weighted by Crippen LogP contribution is -2.20. The Morgan fingerprint density at radius 1 is 1.24 bits per heavy atom. The number of imidazole rings is 1. The van der Waals surface area contributed by atoms with Gasteiger partial charge in [-0.05, 0) is 42.6 Å². The molecular weight excluding hydrogens is 409 g/mol. The minimum Gasteiger partial charge on any atom is -0.354 e. The second-order valence-corrected chi connectivity index (χ2v) is 7.01. The highest BCUT2D eigenvalue weighted by Crippen LogP contribution is 2.26. The summed E-state index contributed by atoms with van der Waals surface area (Å²) >= 11 is 5.97. The maximum Gasteiger partial charge on any atom is 0.393 e. The SMILES string of the molecule is NCCCCNc1ncc2[nH]c(=O)n(Cc3cc(Cl)ccc3CC(F)(F)F)c2n1. The van der Waals surface area contributed by atoms with Gasteiger partial charge in [-0.3, -0.25) is 4.57 Å². The molecular formula is C18H20ClF3N6O. The number of nitrogens with one attached hydrogen (secondary N) is 2. The maximum atomic E-state index is 12.9.